The maximum atomic E-state index is 12.2. The van der Waals surface area contributed by atoms with Crippen molar-refractivity contribution in [3.63, 3.8) is 0 Å². The molecular weight excluding hydrogens is 362 g/mol. The summed E-state index contributed by atoms with van der Waals surface area (Å²) in [5.41, 5.74) is 0.757. The van der Waals surface area contributed by atoms with Crippen LogP contribution in [0.4, 0.5) is 0 Å². The Morgan fingerprint density at radius 1 is 1.14 bits per heavy atom. The van der Waals surface area contributed by atoms with Gasteiger partial charge in [0.2, 0.25) is 6.79 Å². The topological polar surface area (TPSA) is 94.8 Å². The first-order chi connectivity index (χ1) is 13.6. The predicted molar refractivity (Wildman–Crippen MR) is 99.1 cm³/mol. The van der Waals surface area contributed by atoms with Crippen LogP contribution >= 0.6 is 0 Å². The van der Waals surface area contributed by atoms with Crippen LogP contribution < -0.4 is 14.2 Å². The Balaban J connectivity index is 1.62. The van der Waals surface area contributed by atoms with Crippen molar-refractivity contribution in [1.29, 1.82) is 5.26 Å². The van der Waals surface area contributed by atoms with Crippen LogP contribution in [-0.4, -0.2) is 31.8 Å². The fourth-order valence-corrected chi connectivity index (χ4v) is 2.49. The summed E-state index contributed by atoms with van der Waals surface area (Å²) in [5, 5.41) is 9.23. The molecule has 0 saturated heterocycles. The van der Waals surface area contributed by atoms with Crippen molar-refractivity contribution in [3.05, 3.63) is 59.2 Å². The zero-order chi connectivity index (χ0) is 19.9. The lowest BCUT2D eigenvalue weighted by Gasteiger charge is -2.05. The first kappa shape index (κ1) is 19.0. The van der Waals surface area contributed by atoms with Crippen molar-refractivity contribution in [2.75, 3.05) is 20.0 Å². The van der Waals surface area contributed by atoms with Gasteiger partial charge in [0, 0.05) is 5.56 Å². The summed E-state index contributed by atoms with van der Waals surface area (Å²) in [5.74, 6) is 0.425. The number of carbonyl (C=O) groups excluding carboxylic acids is 2. The number of carbonyl (C=O) groups is 2. The van der Waals surface area contributed by atoms with Crippen molar-refractivity contribution >= 4 is 17.8 Å². The van der Waals surface area contributed by atoms with E-state index in [1.54, 1.807) is 42.5 Å². The van der Waals surface area contributed by atoms with Gasteiger partial charge in [0.05, 0.1) is 6.61 Å². The molecule has 0 unspecified atom stereocenters. The van der Waals surface area contributed by atoms with E-state index in [2.05, 4.69) is 0 Å². The average molecular weight is 379 g/mol. The lowest BCUT2D eigenvalue weighted by molar-refractivity contribution is -0.137. The summed E-state index contributed by atoms with van der Waals surface area (Å²) in [7, 11) is 0. The van der Waals surface area contributed by atoms with Crippen molar-refractivity contribution in [2.24, 2.45) is 0 Å². The highest BCUT2D eigenvalue weighted by atomic mass is 16.7. The van der Waals surface area contributed by atoms with Gasteiger partial charge in [-0.3, -0.25) is 4.79 Å². The monoisotopic (exact) mass is 379 g/mol. The first-order valence-corrected chi connectivity index (χ1v) is 8.55. The second-order valence-electron chi connectivity index (χ2n) is 5.74. The molecule has 7 nitrogen and oxygen atoms in total. The minimum absolute atomic E-state index is 0.101. The van der Waals surface area contributed by atoms with Gasteiger partial charge in [-0.1, -0.05) is 12.1 Å². The molecule has 0 atom stereocenters. The Labute approximate surface area is 161 Å². The third kappa shape index (κ3) is 4.48. The molecule has 0 bridgehead atoms. The van der Waals surface area contributed by atoms with E-state index in [1.807, 2.05) is 6.92 Å². The third-order valence-corrected chi connectivity index (χ3v) is 3.87. The Kier molecular flexibility index (Phi) is 5.92. The molecule has 1 heterocycles. The summed E-state index contributed by atoms with van der Waals surface area (Å²) in [6.07, 6.45) is 1.39. The number of ether oxygens (including phenoxy) is 4. The van der Waals surface area contributed by atoms with E-state index in [0.29, 0.717) is 35.0 Å². The van der Waals surface area contributed by atoms with Crippen LogP contribution in [0, 0.1) is 11.3 Å². The van der Waals surface area contributed by atoms with Gasteiger partial charge in [-0.2, -0.15) is 5.26 Å². The smallest absolute Gasteiger partial charge is 0.349 e. The van der Waals surface area contributed by atoms with Crippen LogP contribution in [0.15, 0.2) is 48.0 Å². The van der Waals surface area contributed by atoms with Crippen molar-refractivity contribution in [3.8, 4) is 23.3 Å². The summed E-state index contributed by atoms with van der Waals surface area (Å²) in [4.78, 5) is 24.4. The quantitative estimate of drug-likeness (QED) is 0.316. The second-order valence-corrected chi connectivity index (χ2v) is 5.74. The predicted octanol–water partition coefficient (Wildman–Crippen LogP) is 3.15. The van der Waals surface area contributed by atoms with E-state index >= 15 is 0 Å². The van der Waals surface area contributed by atoms with E-state index in [4.69, 9.17) is 18.9 Å². The third-order valence-electron chi connectivity index (χ3n) is 3.87. The number of hydrogen-bond acceptors (Lipinski definition) is 7. The number of Topliss-reactive ketones (excluding diaryl/α,β-unsaturated/α-hetero) is 1. The second kappa shape index (κ2) is 8.73. The fraction of sp³-hybridized carbons (Fsp3) is 0.190. The lowest BCUT2D eigenvalue weighted by atomic mass is 10.1. The maximum Gasteiger partial charge on any atom is 0.349 e. The van der Waals surface area contributed by atoms with Gasteiger partial charge in [-0.05, 0) is 48.9 Å². The molecule has 0 radical (unpaired) electrons. The SMILES string of the molecule is CCOc1ccc(/C=C(\C#N)C(=O)OCC(=O)c2ccc3c(c2)OCO3)cc1. The van der Waals surface area contributed by atoms with Gasteiger partial charge in [0.15, 0.2) is 23.9 Å². The van der Waals surface area contributed by atoms with Gasteiger partial charge in [0.1, 0.15) is 17.4 Å². The van der Waals surface area contributed by atoms with E-state index in [0.717, 1.165) is 0 Å². The molecule has 1 aliphatic rings. The number of nitrogens with zero attached hydrogens (tertiary/aromatic N) is 1. The van der Waals surface area contributed by atoms with Gasteiger partial charge in [0.25, 0.3) is 0 Å². The normalized spacial score (nSPS) is 12.2. The van der Waals surface area contributed by atoms with Gasteiger partial charge < -0.3 is 18.9 Å². The van der Waals surface area contributed by atoms with Crippen LogP contribution in [0.1, 0.15) is 22.8 Å². The van der Waals surface area contributed by atoms with Gasteiger partial charge >= 0.3 is 5.97 Å². The molecule has 28 heavy (non-hydrogen) atoms. The standard InChI is InChI=1S/C21H17NO6/c1-2-25-17-6-3-14(4-7-17)9-16(11-22)21(24)26-12-18(23)15-5-8-19-20(10-15)28-13-27-19/h3-10H,2,12-13H2,1H3/b16-9+. The summed E-state index contributed by atoms with van der Waals surface area (Å²) >= 11 is 0. The Morgan fingerprint density at radius 2 is 1.89 bits per heavy atom. The van der Waals surface area contributed by atoms with Gasteiger partial charge in [-0.25, -0.2) is 4.79 Å². The number of nitriles is 1. The molecule has 0 saturated carbocycles. The van der Waals surface area contributed by atoms with Crippen LogP contribution in [0.25, 0.3) is 6.08 Å². The molecule has 2 aromatic rings. The molecule has 0 fully saturated rings. The number of fused-ring (bicyclic) bond motifs is 1. The zero-order valence-corrected chi connectivity index (χ0v) is 15.1. The van der Waals surface area contributed by atoms with Crippen molar-refractivity contribution < 1.29 is 28.5 Å². The molecular formula is C21H17NO6. The molecule has 0 aromatic heterocycles. The molecule has 7 heteroatoms. The molecule has 0 N–H and O–H groups in total. The Bertz CT molecular complexity index is 956. The van der Waals surface area contributed by atoms with E-state index < -0.39 is 18.4 Å². The summed E-state index contributed by atoms with van der Waals surface area (Å²) in [6.45, 7) is 2.04. The fourth-order valence-electron chi connectivity index (χ4n) is 2.49. The van der Waals surface area contributed by atoms with Crippen LogP contribution in [0.3, 0.4) is 0 Å². The van der Waals surface area contributed by atoms with Gasteiger partial charge in [-0.15, -0.1) is 0 Å². The maximum absolute atomic E-state index is 12.2. The molecule has 1 aliphatic heterocycles. The molecule has 2 aromatic carbocycles. The van der Waals surface area contributed by atoms with Crippen molar-refractivity contribution in [1.82, 2.24) is 0 Å². The largest absolute Gasteiger partial charge is 0.494 e. The van der Waals surface area contributed by atoms with E-state index in [9.17, 15) is 14.9 Å². The Hall–Kier alpha value is -3.79. The van der Waals surface area contributed by atoms with E-state index in [-0.39, 0.29) is 12.4 Å². The highest BCUT2D eigenvalue weighted by Crippen LogP contribution is 2.32. The number of rotatable bonds is 7. The number of esters is 1. The molecule has 142 valence electrons. The number of ketones is 1. The molecule has 0 aliphatic carbocycles. The molecule has 0 spiro atoms. The Morgan fingerprint density at radius 3 is 2.61 bits per heavy atom. The number of hydrogen-bond donors (Lipinski definition) is 0. The average Bonchev–Trinajstić information content (AvgIpc) is 3.19. The molecule has 3 rings (SSSR count). The first-order valence-electron chi connectivity index (χ1n) is 8.55. The highest BCUT2D eigenvalue weighted by molar-refractivity contribution is 6.02. The highest BCUT2D eigenvalue weighted by Gasteiger charge is 2.18. The van der Waals surface area contributed by atoms with Crippen molar-refractivity contribution in [2.45, 2.75) is 6.92 Å². The van der Waals surface area contributed by atoms with Crippen LogP contribution in [0.2, 0.25) is 0 Å². The van der Waals surface area contributed by atoms with Crippen LogP contribution in [0.5, 0.6) is 17.2 Å². The minimum Gasteiger partial charge on any atom is -0.494 e. The van der Waals surface area contributed by atoms with Crippen LogP contribution in [-0.2, 0) is 9.53 Å². The number of benzene rings is 2. The molecule has 0 amide bonds. The zero-order valence-electron chi connectivity index (χ0n) is 15.1. The van der Waals surface area contributed by atoms with E-state index in [1.165, 1.54) is 12.1 Å². The summed E-state index contributed by atoms with van der Waals surface area (Å²) in [6, 6.07) is 13.4. The minimum atomic E-state index is -0.870. The summed E-state index contributed by atoms with van der Waals surface area (Å²) < 4.78 is 20.7. The lowest BCUT2D eigenvalue weighted by Crippen LogP contribution is -2.15.